The largest absolute Gasteiger partial charge is 0.352 e. The quantitative estimate of drug-likeness (QED) is 0.260. The topological polar surface area (TPSA) is 68.8 Å². The van der Waals surface area contributed by atoms with Gasteiger partial charge in [-0.2, -0.15) is 0 Å². The fourth-order valence-electron chi connectivity index (χ4n) is 3.04. The van der Waals surface area contributed by atoms with Gasteiger partial charge in [0.2, 0.25) is 5.91 Å². The second-order valence-corrected chi connectivity index (χ2v) is 6.97. The molecule has 148 valence electrons. The number of amides is 1. The molecule has 1 saturated heterocycles. The third-order valence-electron chi connectivity index (χ3n) is 4.65. The Labute approximate surface area is 179 Å². The van der Waals surface area contributed by atoms with Gasteiger partial charge in [0.25, 0.3) is 0 Å². The molecule has 1 aromatic carbocycles. The summed E-state index contributed by atoms with van der Waals surface area (Å²) in [6.07, 6.45) is 5.38. The Bertz CT molecular complexity index is 698. The minimum absolute atomic E-state index is 0. The van der Waals surface area contributed by atoms with Crippen molar-refractivity contribution in [2.24, 2.45) is 10.9 Å². The molecule has 1 fully saturated rings. The molecule has 1 heterocycles. The maximum absolute atomic E-state index is 12.2. The molecule has 1 aliphatic rings. The van der Waals surface area contributed by atoms with Crippen LogP contribution in [0.3, 0.4) is 0 Å². The number of carbonyl (C=O) groups is 1. The summed E-state index contributed by atoms with van der Waals surface area (Å²) in [7, 11) is 1.71. The van der Waals surface area contributed by atoms with Gasteiger partial charge in [-0.25, -0.2) is 0 Å². The highest BCUT2D eigenvalue weighted by atomic mass is 127. The first-order valence-corrected chi connectivity index (χ1v) is 9.00. The third kappa shape index (κ3) is 7.03. The molecule has 1 amide bonds. The number of hydrogen-bond acceptors (Lipinski definition) is 3. The van der Waals surface area contributed by atoms with Crippen molar-refractivity contribution in [3.63, 3.8) is 0 Å². The van der Waals surface area contributed by atoms with Gasteiger partial charge in [0.05, 0.1) is 6.54 Å². The number of rotatable bonds is 5. The summed E-state index contributed by atoms with van der Waals surface area (Å²) in [5.74, 6) is 3.57. The molecule has 0 radical (unpaired) electrons. The van der Waals surface area contributed by atoms with Crippen LogP contribution in [-0.4, -0.2) is 55.5 Å². The Morgan fingerprint density at radius 2 is 2.15 bits per heavy atom. The van der Waals surface area contributed by atoms with E-state index >= 15 is 0 Å². The predicted molar refractivity (Wildman–Crippen MR) is 123 cm³/mol. The van der Waals surface area contributed by atoms with Crippen LogP contribution in [0.4, 0.5) is 5.69 Å². The fourth-order valence-corrected chi connectivity index (χ4v) is 3.04. The molecular weight excluding hydrogens is 453 g/mol. The van der Waals surface area contributed by atoms with Crippen molar-refractivity contribution < 1.29 is 4.79 Å². The van der Waals surface area contributed by atoms with Gasteiger partial charge >= 0.3 is 0 Å². The lowest BCUT2D eigenvalue weighted by Gasteiger charge is -2.21. The lowest BCUT2D eigenvalue weighted by molar-refractivity contribution is -0.115. The smallest absolute Gasteiger partial charge is 0.243 e. The van der Waals surface area contributed by atoms with Crippen LogP contribution in [0.1, 0.15) is 26.3 Å². The van der Waals surface area contributed by atoms with Crippen molar-refractivity contribution in [1.82, 2.24) is 15.5 Å². The molecule has 7 heteroatoms. The lowest BCUT2D eigenvalue weighted by Crippen LogP contribution is -2.48. The molecule has 2 unspecified atom stereocenters. The summed E-state index contributed by atoms with van der Waals surface area (Å²) < 4.78 is 0. The Balaban J connectivity index is 0.00000364. The van der Waals surface area contributed by atoms with E-state index in [2.05, 4.69) is 52.5 Å². The van der Waals surface area contributed by atoms with Gasteiger partial charge < -0.3 is 16.0 Å². The van der Waals surface area contributed by atoms with Gasteiger partial charge in [0, 0.05) is 43.5 Å². The minimum atomic E-state index is -0.148. The Morgan fingerprint density at radius 3 is 2.74 bits per heavy atom. The van der Waals surface area contributed by atoms with Crippen molar-refractivity contribution >= 4 is 41.5 Å². The number of hydrogen-bond donors (Lipinski definition) is 3. The zero-order valence-electron chi connectivity index (χ0n) is 16.5. The van der Waals surface area contributed by atoms with Crippen molar-refractivity contribution in [3.8, 4) is 12.3 Å². The van der Waals surface area contributed by atoms with E-state index in [1.807, 2.05) is 18.2 Å². The molecular formula is C20H30IN5O. The Hall–Kier alpha value is -1.79. The number of anilines is 1. The molecule has 0 aliphatic carbocycles. The Morgan fingerprint density at radius 1 is 1.41 bits per heavy atom. The monoisotopic (exact) mass is 483 g/mol. The van der Waals surface area contributed by atoms with Crippen LogP contribution in [0.25, 0.3) is 0 Å². The SMILES string of the molecule is C#Cc1cccc(NC(=O)CNC(=NC)NC2CN(C(C)C)CC2C)c1.I. The second-order valence-electron chi connectivity index (χ2n) is 6.97. The number of benzene rings is 1. The molecule has 2 rings (SSSR count). The average molecular weight is 483 g/mol. The van der Waals surface area contributed by atoms with Gasteiger partial charge in [0.15, 0.2) is 5.96 Å². The number of nitrogens with one attached hydrogen (secondary N) is 3. The lowest BCUT2D eigenvalue weighted by atomic mass is 10.1. The number of halogens is 1. The van der Waals surface area contributed by atoms with Crippen LogP contribution in [0, 0.1) is 18.3 Å². The van der Waals surface area contributed by atoms with Crippen LogP contribution in [-0.2, 0) is 4.79 Å². The second kappa shape index (κ2) is 11.1. The maximum Gasteiger partial charge on any atom is 0.243 e. The number of terminal acetylenes is 1. The number of aliphatic imine (C=N–C) groups is 1. The van der Waals surface area contributed by atoms with Gasteiger partial charge in [-0.15, -0.1) is 30.4 Å². The molecule has 6 nitrogen and oxygen atoms in total. The molecule has 3 N–H and O–H groups in total. The summed E-state index contributed by atoms with van der Waals surface area (Å²) in [4.78, 5) is 18.8. The van der Waals surface area contributed by atoms with Crippen molar-refractivity contribution in [1.29, 1.82) is 0 Å². The zero-order chi connectivity index (χ0) is 19.1. The van der Waals surface area contributed by atoms with Crippen LogP contribution in [0.15, 0.2) is 29.3 Å². The van der Waals surface area contributed by atoms with Crippen LogP contribution in [0.2, 0.25) is 0 Å². The summed E-state index contributed by atoms with van der Waals surface area (Å²) >= 11 is 0. The first-order chi connectivity index (χ1) is 12.4. The van der Waals surface area contributed by atoms with Crippen molar-refractivity contribution in [3.05, 3.63) is 29.8 Å². The van der Waals surface area contributed by atoms with E-state index in [0.717, 1.165) is 18.7 Å². The van der Waals surface area contributed by atoms with Gasteiger partial charge in [0.1, 0.15) is 0 Å². The first-order valence-electron chi connectivity index (χ1n) is 9.00. The summed E-state index contributed by atoms with van der Waals surface area (Å²) in [6, 6.07) is 8.07. The van der Waals surface area contributed by atoms with Gasteiger partial charge in [-0.1, -0.05) is 18.9 Å². The van der Waals surface area contributed by atoms with Crippen LogP contribution >= 0.6 is 24.0 Å². The van der Waals surface area contributed by atoms with E-state index in [4.69, 9.17) is 6.42 Å². The molecule has 1 aliphatic heterocycles. The van der Waals surface area contributed by atoms with E-state index in [0.29, 0.717) is 29.6 Å². The molecule has 0 spiro atoms. The van der Waals surface area contributed by atoms with E-state index in [1.165, 1.54) is 0 Å². The fraction of sp³-hybridized carbons (Fsp3) is 0.500. The molecule has 0 bridgehead atoms. The van der Waals surface area contributed by atoms with E-state index in [1.54, 1.807) is 13.1 Å². The van der Waals surface area contributed by atoms with E-state index in [-0.39, 0.29) is 36.4 Å². The van der Waals surface area contributed by atoms with Crippen LogP contribution in [0.5, 0.6) is 0 Å². The highest BCUT2D eigenvalue weighted by Gasteiger charge is 2.31. The Kier molecular flexibility index (Phi) is 9.60. The molecule has 1 aromatic rings. The van der Waals surface area contributed by atoms with Crippen molar-refractivity contribution in [2.75, 3.05) is 32.0 Å². The third-order valence-corrected chi connectivity index (χ3v) is 4.65. The molecule has 0 aromatic heterocycles. The number of guanidine groups is 1. The summed E-state index contributed by atoms with van der Waals surface area (Å²) in [6.45, 7) is 8.83. The van der Waals surface area contributed by atoms with Crippen LogP contribution < -0.4 is 16.0 Å². The van der Waals surface area contributed by atoms with E-state index in [9.17, 15) is 4.79 Å². The molecule has 0 saturated carbocycles. The normalized spacial score (nSPS) is 19.9. The number of likely N-dealkylation sites (tertiary alicyclic amines) is 1. The molecule has 27 heavy (non-hydrogen) atoms. The molecule has 2 atom stereocenters. The van der Waals surface area contributed by atoms with Crippen molar-refractivity contribution in [2.45, 2.75) is 32.9 Å². The first kappa shape index (κ1) is 23.2. The minimum Gasteiger partial charge on any atom is -0.352 e. The number of nitrogens with zero attached hydrogens (tertiary/aromatic N) is 2. The maximum atomic E-state index is 12.2. The van der Waals surface area contributed by atoms with Gasteiger partial charge in [-0.05, 0) is 38.0 Å². The highest BCUT2D eigenvalue weighted by molar-refractivity contribution is 14.0. The predicted octanol–water partition coefficient (Wildman–Crippen LogP) is 2.12. The highest BCUT2D eigenvalue weighted by Crippen LogP contribution is 2.18. The summed E-state index contributed by atoms with van der Waals surface area (Å²) in [5, 5.41) is 9.34. The van der Waals surface area contributed by atoms with Gasteiger partial charge in [-0.3, -0.25) is 14.7 Å². The summed E-state index contributed by atoms with van der Waals surface area (Å²) in [5.41, 5.74) is 1.42. The average Bonchev–Trinajstić information content (AvgIpc) is 2.99. The zero-order valence-corrected chi connectivity index (χ0v) is 18.8. The number of carbonyl (C=O) groups excluding carboxylic acids is 1. The standard InChI is InChI=1S/C20H29N5O.HI/c1-6-16-8-7-9-17(10-16)23-19(26)11-22-20(21-5)24-18-13-25(14(2)3)12-15(18)4;/h1,7-10,14-15,18H,11-13H2,2-5H3,(H,23,26)(H2,21,22,24);1H. The van der Waals surface area contributed by atoms with E-state index < -0.39 is 0 Å².